The molecule has 7 heavy (non-hydrogen) atoms. The third-order valence-electron chi connectivity index (χ3n) is 0.918. The summed E-state index contributed by atoms with van der Waals surface area (Å²) >= 11 is 0. The highest BCUT2D eigenvalue weighted by atomic mass is 14.8. The number of nitrogens with zero attached hydrogens (tertiary/aromatic N) is 1. The molecule has 1 heterocycles. The first-order valence-electron chi connectivity index (χ1n) is 2.36. The second-order valence-electron chi connectivity index (χ2n) is 1.73. The molecule has 1 nitrogen and oxygen atoms in total. The summed E-state index contributed by atoms with van der Waals surface area (Å²) in [6.07, 6.45) is 4.02. The van der Waals surface area contributed by atoms with Gasteiger partial charge in [0.15, 0.2) is 0 Å². The van der Waals surface area contributed by atoms with Crippen LogP contribution in [-0.4, -0.2) is 5.71 Å². The van der Waals surface area contributed by atoms with Gasteiger partial charge < -0.3 is 0 Å². The van der Waals surface area contributed by atoms with Crippen LogP contribution in [0.4, 0.5) is 0 Å². The predicted molar refractivity (Wildman–Crippen MR) is 31.2 cm³/mol. The summed E-state index contributed by atoms with van der Waals surface area (Å²) in [5.41, 5.74) is 1.11. The first-order chi connectivity index (χ1) is 3.29. The van der Waals surface area contributed by atoms with Crippen molar-refractivity contribution in [1.82, 2.24) is 0 Å². The van der Waals surface area contributed by atoms with Gasteiger partial charge in [0.25, 0.3) is 0 Å². The van der Waals surface area contributed by atoms with Crippen molar-refractivity contribution in [3.8, 4) is 0 Å². The first-order valence-corrected chi connectivity index (χ1v) is 2.36. The third-order valence-corrected chi connectivity index (χ3v) is 0.918. The van der Waals surface area contributed by atoms with Crippen molar-refractivity contribution < 1.29 is 0 Å². The van der Waals surface area contributed by atoms with E-state index in [2.05, 4.69) is 4.99 Å². The van der Waals surface area contributed by atoms with Crippen LogP contribution in [0.3, 0.4) is 0 Å². The molecular formula is C6H8N. The number of allylic oxidation sites excluding steroid dienone is 1. The maximum atomic E-state index is 4.11. The fraction of sp³-hybridized carbons (Fsp3) is 0.333. The standard InChI is InChI=1S/C6H8N/c1-5-3-4-6(2)7-5/h3-4H,1-2H3. The van der Waals surface area contributed by atoms with Crippen LogP contribution in [0.1, 0.15) is 13.8 Å². The molecular weight excluding hydrogens is 86.1 g/mol. The average molecular weight is 94.1 g/mol. The summed E-state index contributed by atoms with van der Waals surface area (Å²) in [6.45, 7) is 3.99. The van der Waals surface area contributed by atoms with Crippen molar-refractivity contribution in [2.45, 2.75) is 13.8 Å². The molecule has 0 aromatic heterocycles. The second-order valence-corrected chi connectivity index (χ2v) is 1.73. The highest BCUT2D eigenvalue weighted by Crippen LogP contribution is 2.09. The van der Waals surface area contributed by atoms with Gasteiger partial charge >= 0.3 is 0 Å². The van der Waals surface area contributed by atoms with E-state index in [0.717, 1.165) is 11.8 Å². The molecule has 0 atom stereocenters. The third kappa shape index (κ3) is 0.889. The summed E-state index contributed by atoms with van der Waals surface area (Å²) < 4.78 is 0. The maximum absolute atomic E-state index is 4.11. The molecule has 1 rings (SSSR count). The Bertz CT molecular complexity index is 122. The number of aliphatic imine (C=N–C) groups is 1. The minimum atomic E-state index is 1.11. The summed E-state index contributed by atoms with van der Waals surface area (Å²) in [7, 11) is 0. The quantitative estimate of drug-likeness (QED) is 0.432. The van der Waals surface area contributed by atoms with E-state index in [1.54, 1.807) is 0 Å². The lowest BCUT2D eigenvalue weighted by Crippen LogP contribution is -1.76. The fourth-order valence-corrected chi connectivity index (χ4v) is 0.594. The second kappa shape index (κ2) is 1.49. The lowest BCUT2D eigenvalue weighted by Gasteiger charge is -1.85. The molecule has 0 saturated heterocycles. The SMILES string of the molecule is C[C]1C=CC(C)=N1. The lowest BCUT2D eigenvalue weighted by molar-refractivity contribution is 1.16. The zero-order chi connectivity index (χ0) is 5.28. The number of rotatable bonds is 0. The van der Waals surface area contributed by atoms with Crippen LogP contribution >= 0.6 is 0 Å². The van der Waals surface area contributed by atoms with E-state index in [9.17, 15) is 0 Å². The Balaban J connectivity index is 2.69. The van der Waals surface area contributed by atoms with Crippen LogP contribution in [0.2, 0.25) is 0 Å². The Morgan fingerprint density at radius 1 is 1.29 bits per heavy atom. The van der Waals surface area contributed by atoms with Gasteiger partial charge in [0.2, 0.25) is 0 Å². The summed E-state index contributed by atoms with van der Waals surface area (Å²) in [5.74, 6) is 0. The maximum Gasteiger partial charge on any atom is 0.105 e. The monoisotopic (exact) mass is 94.1 g/mol. The molecule has 0 unspecified atom stereocenters. The van der Waals surface area contributed by atoms with Crippen LogP contribution in [0.25, 0.3) is 0 Å². The summed E-state index contributed by atoms with van der Waals surface area (Å²) in [5, 5.41) is 0. The zero-order valence-corrected chi connectivity index (χ0v) is 4.60. The van der Waals surface area contributed by atoms with Crippen molar-refractivity contribution in [2.24, 2.45) is 4.99 Å². The van der Waals surface area contributed by atoms with Crippen molar-refractivity contribution in [1.29, 1.82) is 0 Å². The van der Waals surface area contributed by atoms with Crippen LogP contribution < -0.4 is 0 Å². The van der Waals surface area contributed by atoms with Gasteiger partial charge in [0, 0.05) is 5.71 Å². The summed E-state index contributed by atoms with van der Waals surface area (Å²) in [6, 6.07) is 1.11. The van der Waals surface area contributed by atoms with Crippen LogP contribution in [-0.2, 0) is 0 Å². The van der Waals surface area contributed by atoms with Gasteiger partial charge in [-0.1, -0.05) is 6.08 Å². The molecule has 0 amide bonds. The summed E-state index contributed by atoms with van der Waals surface area (Å²) in [4.78, 5) is 4.11. The van der Waals surface area contributed by atoms with Gasteiger partial charge in [-0.2, -0.15) is 0 Å². The van der Waals surface area contributed by atoms with E-state index in [-0.39, 0.29) is 0 Å². The van der Waals surface area contributed by atoms with Gasteiger partial charge in [0.1, 0.15) is 6.04 Å². The van der Waals surface area contributed by atoms with Crippen LogP contribution in [0.5, 0.6) is 0 Å². The van der Waals surface area contributed by atoms with E-state index in [0.29, 0.717) is 0 Å². The fourth-order valence-electron chi connectivity index (χ4n) is 0.594. The van der Waals surface area contributed by atoms with Crippen molar-refractivity contribution in [2.75, 3.05) is 0 Å². The molecule has 0 spiro atoms. The molecule has 0 saturated carbocycles. The number of hydrogen-bond donors (Lipinski definition) is 0. The van der Waals surface area contributed by atoms with Gasteiger partial charge in [0.05, 0.1) is 0 Å². The average Bonchev–Trinajstić information content (AvgIpc) is 1.87. The predicted octanol–water partition coefficient (Wildman–Crippen LogP) is 1.57. The molecule has 0 aromatic carbocycles. The van der Waals surface area contributed by atoms with Crippen LogP contribution in [0.15, 0.2) is 17.1 Å². The molecule has 0 bridgehead atoms. The van der Waals surface area contributed by atoms with E-state index >= 15 is 0 Å². The minimum Gasteiger partial charge on any atom is -0.277 e. The molecule has 0 N–H and O–H groups in total. The van der Waals surface area contributed by atoms with Gasteiger partial charge in [-0.3, -0.25) is 4.99 Å². The number of hydrogen-bond acceptors (Lipinski definition) is 1. The lowest BCUT2D eigenvalue weighted by atomic mass is 10.3. The zero-order valence-electron chi connectivity index (χ0n) is 4.60. The van der Waals surface area contributed by atoms with E-state index in [1.807, 2.05) is 26.0 Å². The molecule has 0 fully saturated rings. The van der Waals surface area contributed by atoms with Crippen molar-refractivity contribution in [3.05, 3.63) is 18.2 Å². The molecule has 1 radical (unpaired) electrons. The van der Waals surface area contributed by atoms with Crippen molar-refractivity contribution >= 4 is 5.71 Å². The topological polar surface area (TPSA) is 12.4 Å². The first kappa shape index (κ1) is 4.57. The molecule has 37 valence electrons. The van der Waals surface area contributed by atoms with Gasteiger partial charge in [-0.05, 0) is 19.9 Å². The van der Waals surface area contributed by atoms with Crippen molar-refractivity contribution in [3.63, 3.8) is 0 Å². The molecule has 1 aliphatic heterocycles. The highest BCUT2D eigenvalue weighted by molar-refractivity contribution is 5.95. The largest absolute Gasteiger partial charge is 0.277 e. The highest BCUT2D eigenvalue weighted by Gasteiger charge is 1.99. The van der Waals surface area contributed by atoms with E-state index in [1.165, 1.54) is 0 Å². The Morgan fingerprint density at radius 3 is 2.14 bits per heavy atom. The molecule has 1 heteroatoms. The molecule has 1 aliphatic rings. The van der Waals surface area contributed by atoms with Gasteiger partial charge in [-0.15, -0.1) is 0 Å². The van der Waals surface area contributed by atoms with Gasteiger partial charge in [-0.25, -0.2) is 0 Å². The Morgan fingerprint density at radius 2 is 2.00 bits per heavy atom. The van der Waals surface area contributed by atoms with Crippen LogP contribution in [0, 0.1) is 6.04 Å². The molecule has 0 aromatic rings. The Labute approximate surface area is 43.8 Å². The Hall–Kier alpha value is -0.590. The molecule has 0 aliphatic carbocycles. The minimum absolute atomic E-state index is 1.11. The normalized spacial score (nSPS) is 20.6. The smallest absolute Gasteiger partial charge is 0.105 e. The van der Waals surface area contributed by atoms with E-state index in [4.69, 9.17) is 0 Å². The Kier molecular flexibility index (Phi) is 0.970. The van der Waals surface area contributed by atoms with E-state index < -0.39 is 0 Å².